The highest BCUT2D eigenvalue weighted by atomic mass is 35.5. The number of nitrogens with zero attached hydrogens (tertiary/aromatic N) is 3. The van der Waals surface area contributed by atoms with E-state index in [9.17, 15) is 8.42 Å². The van der Waals surface area contributed by atoms with E-state index in [0.717, 1.165) is 16.8 Å². The lowest BCUT2D eigenvalue weighted by Gasteiger charge is -2.17. The van der Waals surface area contributed by atoms with Gasteiger partial charge in [0.2, 0.25) is 0 Å². The van der Waals surface area contributed by atoms with Crippen LogP contribution in [0.25, 0.3) is 0 Å². The van der Waals surface area contributed by atoms with Crippen LogP contribution in [-0.2, 0) is 10.0 Å². The summed E-state index contributed by atoms with van der Waals surface area (Å²) >= 11 is 13.2. The van der Waals surface area contributed by atoms with Crippen LogP contribution in [0.4, 0.5) is 0 Å². The summed E-state index contributed by atoms with van der Waals surface area (Å²) in [7, 11) is -3.92. The van der Waals surface area contributed by atoms with Gasteiger partial charge < -0.3 is 0 Å². The summed E-state index contributed by atoms with van der Waals surface area (Å²) in [5.41, 5.74) is 2.84. The summed E-state index contributed by atoms with van der Waals surface area (Å²) in [6.07, 6.45) is 1.78. The molecule has 0 spiro atoms. The fourth-order valence-corrected chi connectivity index (χ4v) is 5.46. The Kier molecular flexibility index (Phi) is 6.90. The molecular weight excluding hydrogens is 485 g/mol. The minimum atomic E-state index is -3.92. The van der Waals surface area contributed by atoms with Gasteiger partial charge >= 0.3 is 0 Å². The molecule has 0 saturated carbocycles. The number of hydrazone groups is 1. The molecule has 1 atom stereocenters. The Bertz CT molecular complexity index is 1260. The highest BCUT2D eigenvalue weighted by Crippen LogP contribution is 2.31. The Morgan fingerprint density at radius 2 is 1.56 bits per heavy atom. The largest absolute Gasteiger partial charge is 0.284 e. The van der Waals surface area contributed by atoms with Crippen LogP contribution in [0.3, 0.4) is 0 Å². The Morgan fingerprint density at radius 3 is 2.16 bits per heavy atom. The third-order valence-corrected chi connectivity index (χ3v) is 7.54. The molecule has 0 N–H and O–H groups in total. The van der Waals surface area contributed by atoms with E-state index >= 15 is 0 Å². The molecule has 3 aromatic rings. The lowest BCUT2D eigenvalue weighted by atomic mass is 9.91. The van der Waals surface area contributed by atoms with Gasteiger partial charge in [-0.1, -0.05) is 77.4 Å². The summed E-state index contributed by atoms with van der Waals surface area (Å²) in [6.45, 7) is 0.470. The van der Waals surface area contributed by atoms with Crippen LogP contribution in [-0.4, -0.2) is 37.1 Å². The van der Waals surface area contributed by atoms with E-state index in [1.807, 2.05) is 54.6 Å². The van der Waals surface area contributed by atoms with Crippen molar-refractivity contribution in [3.05, 3.63) is 100 Å². The molecule has 5 nitrogen and oxygen atoms in total. The summed E-state index contributed by atoms with van der Waals surface area (Å²) in [5.74, 6) is -0.0482. The van der Waals surface area contributed by atoms with Crippen molar-refractivity contribution in [3.8, 4) is 0 Å². The molecule has 3 aromatic carbocycles. The average molecular weight is 504 g/mol. The molecule has 1 aliphatic rings. The van der Waals surface area contributed by atoms with E-state index in [1.54, 1.807) is 11.3 Å². The highest BCUT2D eigenvalue weighted by molar-refractivity contribution is 8.13. The van der Waals surface area contributed by atoms with Crippen LogP contribution < -0.4 is 0 Å². The smallest absolute Gasteiger partial charge is 0.240 e. The van der Waals surface area contributed by atoms with E-state index in [1.165, 1.54) is 36.0 Å². The summed E-state index contributed by atoms with van der Waals surface area (Å²) in [5, 5.41) is 7.83. The van der Waals surface area contributed by atoms with Crippen molar-refractivity contribution in [2.45, 2.75) is 10.8 Å². The lowest BCUT2D eigenvalue weighted by Crippen LogP contribution is -2.24. The van der Waals surface area contributed by atoms with Crippen molar-refractivity contribution in [1.29, 1.82) is 0 Å². The van der Waals surface area contributed by atoms with E-state index in [-0.39, 0.29) is 10.8 Å². The molecule has 0 amide bonds. The van der Waals surface area contributed by atoms with Crippen LogP contribution in [0.5, 0.6) is 0 Å². The molecule has 1 heterocycles. The first-order valence-electron chi connectivity index (χ1n) is 9.69. The lowest BCUT2D eigenvalue weighted by molar-refractivity contribution is 0.484. The van der Waals surface area contributed by atoms with Gasteiger partial charge in [-0.05, 0) is 53.8 Å². The molecule has 0 aliphatic carbocycles. The maximum absolute atomic E-state index is 12.9. The first kappa shape index (κ1) is 22.9. The van der Waals surface area contributed by atoms with Gasteiger partial charge in [-0.15, -0.1) is 4.40 Å². The maximum Gasteiger partial charge on any atom is 0.284 e. The van der Waals surface area contributed by atoms with Gasteiger partial charge in [0.15, 0.2) is 5.17 Å². The molecule has 164 valence electrons. The Balaban J connectivity index is 1.73. The summed E-state index contributed by atoms with van der Waals surface area (Å²) in [6, 6.07) is 23.4. The standard InChI is InChI=1S/C23H19Cl2N3O2S2/c1-31-23(27-32(29,30)20-13-11-19(25)12-14-20)28-15-21(16-5-3-2-4-6-16)22(26-28)17-7-9-18(24)10-8-17/h2-14,21H,15H2,1H3. The van der Waals surface area contributed by atoms with Crippen molar-refractivity contribution in [2.75, 3.05) is 12.8 Å². The maximum atomic E-state index is 12.9. The van der Waals surface area contributed by atoms with Crippen LogP contribution in [0, 0.1) is 0 Å². The minimum absolute atomic E-state index is 0.0482. The molecule has 1 unspecified atom stereocenters. The number of sulfonamides is 1. The van der Waals surface area contributed by atoms with E-state index in [2.05, 4.69) is 4.40 Å². The Labute approximate surface area is 201 Å². The average Bonchev–Trinajstić information content (AvgIpc) is 3.24. The minimum Gasteiger partial charge on any atom is -0.240 e. The molecule has 0 radical (unpaired) electrons. The van der Waals surface area contributed by atoms with Gasteiger partial charge in [-0.2, -0.15) is 13.5 Å². The molecule has 0 aromatic heterocycles. The third kappa shape index (κ3) is 5.02. The first-order valence-corrected chi connectivity index (χ1v) is 13.1. The van der Waals surface area contributed by atoms with Crippen molar-refractivity contribution < 1.29 is 8.42 Å². The summed E-state index contributed by atoms with van der Waals surface area (Å²) < 4.78 is 29.8. The quantitative estimate of drug-likeness (QED) is 0.328. The van der Waals surface area contributed by atoms with E-state index < -0.39 is 10.0 Å². The summed E-state index contributed by atoms with van der Waals surface area (Å²) in [4.78, 5) is 0.0779. The van der Waals surface area contributed by atoms with Gasteiger partial charge in [0.1, 0.15) is 0 Å². The van der Waals surface area contributed by atoms with Gasteiger partial charge in [0.25, 0.3) is 10.0 Å². The monoisotopic (exact) mass is 503 g/mol. The topological polar surface area (TPSA) is 62.1 Å². The second kappa shape index (κ2) is 9.67. The van der Waals surface area contributed by atoms with Crippen molar-refractivity contribution >= 4 is 55.9 Å². The third-order valence-electron chi connectivity index (χ3n) is 4.97. The van der Waals surface area contributed by atoms with Gasteiger partial charge in [0.05, 0.1) is 17.2 Å². The van der Waals surface area contributed by atoms with Crippen LogP contribution in [0.2, 0.25) is 10.0 Å². The normalized spacial score (nSPS) is 16.8. The first-order chi connectivity index (χ1) is 15.4. The molecule has 0 fully saturated rings. The molecule has 4 rings (SSSR count). The highest BCUT2D eigenvalue weighted by Gasteiger charge is 2.32. The predicted molar refractivity (Wildman–Crippen MR) is 133 cm³/mol. The molecule has 1 aliphatic heterocycles. The number of hydrogen-bond donors (Lipinski definition) is 0. The van der Waals surface area contributed by atoms with E-state index in [4.69, 9.17) is 28.3 Å². The van der Waals surface area contributed by atoms with Crippen molar-refractivity contribution in [2.24, 2.45) is 9.50 Å². The second-order valence-corrected chi connectivity index (χ2v) is 10.3. The second-order valence-electron chi connectivity index (χ2n) is 7.04. The number of hydrogen-bond acceptors (Lipinski definition) is 4. The molecule has 0 saturated heterocycles. The Morgan fingerprint density at radius 1 is 0.969 bits per heavy atom. The van der Waals surface area contributed by atoms with Gasteiger partial charge in [0, 0.05) is 16.0 Å². The predicted octanol–water partition coefficient (Wildman–Crippen LogP) is 5.90. The Hall–Kier alpha value is -2.32. The SMILES string of the molecule is CSC(=NS(=O)(=O)c1ccc(Cl)cc1)N1CC(c2ccccc2)C(c2ccc(Cl)cc2)=N1. The van der Waals surface area contributed by atoms with Gasteiger partial charge in [-0.3, -0.25) is 0 Å². The van der Waals surface area contributed by atoms with Gasteiger partial charge in [-0.25, -0.2) is 5.01 Å². The zero-order valence-electron chi connectivity index (χ0n) is 17.0. The zero-order chi connectivity index (χ0) is 22.7. The number of amidine groups is 1. The molecule has 0 bridgehead atoms. The van der Waals surface area contributed by atoms with Crippen LogP contribution in [0.15, 0.2) is 93.3 Å². The molecular formula is C23H19Cl2N3O2S2. The molecule has 32 heavy (non-hydrogen) atoms. The molecule has 9 heteroatoms. The van der Waals surface area contributed by atoms with E-state index in [0.29, 0.717) is 21.8 Å². The fraction of sp³-hybridized carbons (Fsp3) is 0.130. The van der Waals surface area contributed by atoms with Crippen molar-refractivity contribution in [3.63, 3.8) is 0 Å². The zero-order valence-corrected chi connectivity index (χ0v) is 20.2. The van der Waals surface area contributed by atoms with Crippen molar-refractivity contribution in [1.82, 2.24) is 5.01 Å². The van der Waals surface area contributed by atoms with Crippen LogP contribution in [0.1, 0.15) is 17.0 Å². The number of benzene rings is 3. The number of thioether (sulfide) groups is 1. The fourth-order valence-electron chi connectivity index (χ4n) is 3.40. The van der Waals surface area contributed by atoms with Crippen LogP contribution >= 0.6 is 35.0 Å². The number of halogens is 2. The number of rotatable bonds is 4.